The van der Waals surface area contributed by atoms with Gasteiger partial charge in [0.2, 0.25) is 5.91 Å². The van der Waals surface area contributed by atoms with Crippen molar-refractivity contribution in [3.8, 4) is 0 Å². The van der Waals surface area contributed by atoms with Crippen molar-refractivity contribution in [1.82, 2.24) is 20.4 Å². The number of hydrogen-bond acceptors (Lipinski definition) is 5. The Bertz CT molecular complexity index is 1360. The van der Waals surface area contributed by atoms with Gasteiger partial charge in [-0.05, 0) is 42.0 Å². The molecule has 0 saturated carbocycles. The number of hydrogen-bond donors (Lipinski definition) is 2. The molecule has 0 aliphatic rings. The molecule has 3 aromatic carbocycles. The molecule has 0 bridgehead atoms. The van der Waals surface area contributed by atoms with Gasteiger partial charge in [0, 0.05) is 5.56 Å². The topological polar surface area (TPSA) is 93.1 Å². The molecule has 2 amide bonds. The summed E-state index contributed by atoms with van der Waals surface area (Å²) in [7, 11) is 0. The van der Waals surface area contributed by atoms with Crippen LogP contribution >= 0.6 is 11.8 Å². The molecule has 0 radical (unpaired) electrons. The van der Waals surface area contributed by atoms with Crippen LogP contribution in [0, 0.1) is 5.82 Å². The summed E-state index contributed by atoms with van der Waals surface area (Å²) in [6, 6.07) is 21.5. The molecule has 0 aliphatic heterocycles. The van der Waals surface area contributed by atoms with Crippen LogP contribution in [-0.4, -0.2) is 27.1 Å². The molecule has 0 fully saturated rings. The molecular weight excluding hydrogens is 443 g/mol. The van der Waals surface area contributed by atoms with Crippen molar-refractivity contribution < 1.29 is 14.0 Å². The van der Waals surface area contributed by atoms with Crippen molar-refractivity contribution in [2.24, 2.45) is 0 Å². The van der Waals surface area contributed by atoms with Crippen LogP contribution in [0.4, 0.5) is 4.39 Å². The van der Waals surface area contributed by atoms with Gasteiger partial charge in [0.1, 0.15) is 5.82 Å². The largest absolute Gasteiger partial charge is 0.283 e. The van der Waals surface area contributed by atoms with E-state index in [-0.39, 0.29) is 16.9 Å². The van der Waals surface area contributed by atoms with E-state index in [9.17, 15) is 18.8 Å². The first-order valence-electron chi connectivity index (χ1n) is 10.0. The highest BCUT2D eigenvalue weighted by atomic mass is 32.2. The molecule has 166 valence electrons. The van der Waals surface area contributed by atoms with Gasteiger partial charge in [-0.1, -0.05) is 54.2 Å². The van der Waals surface area contributed by atoms with Gasteiger partial charge in [-0.15, -0.1) is 0 Å². The first kappa shape index (κ1) is 22.2. The van der Waals surface area contributed by atoms with Crippen LogP contribution in [0.5, 0.6) is 0 Å². The first-order chi connectivity index (χ1) is 16.0. The van der Waals surface area contributed by atoms with Crippen molar-refractivity contribution in [1.29, 1.82) is 0 Å². The third-order valence-electron chi connectivity index (χ3n) is 4.76. The summed E-state index contributed by atoms with van der Waals surface area (Å²) in [4.78, 5) is 42.1. The smallest absolute Gasteiger partial charge is 0.269 e. The number of carbonyl (C=O) groups excluding carboxylic acids is 2. The molecule has 9 heteroatoms. The van der Waals surface area contributed by atoms with Gasteiger partial charge < -0.3 is 0 Å². The fourth-order valence-corrected chi connectivity index (χ4v) is 3.93. The van der Waals surface area contributed by atoms with Crippen LogP contribution in [0.2, 0.25) is 0 Å². The maximum absolute atomic E-state index is 13.1. The number of nitrogens with one attached hydrogen (secondary N) is 2. The van der Waals surface area contributed by atoms with Crippen LogP contribution in [0.1, 0.15) is 15.9 Å². The lowest BCUT2D eigenvalue weighted by Crippen LogP contribution is -2.42. The van der Waals surface area contributed by atoms with Gasteiger partial charge >= 0.3 is 0 Å². The number of hydrazine groups is 1. The summed E-state index contributed by atoms with van der Waals surface area (Å²) in [6.45, 7) is 0.308. The maximum Gasteiger partial charge on any atom is 0.269 e. The molecule has 4 aromatic rings. The Morgan fingerprint density at radius 2 is 1.61 bits per heavy atom. The maximum atomic E-state index is 13.1. The lowest BCUT2D eigenvalue weighted by molar-refractivity contribution is -0.119. The van der Waals surface area contributed by atoms with Crippen molar-refractivity contribution in [3.05, 3.63) is 106 Å². The van der Waals surface area contributed by atoms with Crippen molar-refractivity contribution in [2.45, 2.75) is 11.7 Å². The number of carbonyl (C=O) groups is 2. The first-order valence-corrected chi connectivity index (χ1v) is 11.0. The summed E-state index contributed by atoms with van der Waals surface area (Å²) in [6.07, 6.45) is 0. The summed E-state index contributed by atoms with van der Waals surface area (Å²) in [5.41, 5.74) is 6.08. The molecule has 4 rings (SSSR count). The van der Waals surface area contributed by atoms with E-state index < -0.39 is 17.6 Å². The minimum Gasteiger partial charge on any atom is -0.283 e. The monoisotopic (exact) mass is 462 g/mol. The summed E-state index contributed by atoms with van der Waals surface area (Å²) < 4.78 is 14.5. The Morgan fingerprint density at radius 1 is 0.909 bits per heavy atom. The van der Waals surface area contributed by atoms with Crippen molar-refractivity contribution in [3.63, 3.8) is 0 Å². The molecule has 7 nitrogen and oxygen atoms in total. The molecule has 0 unspecified atom stereocenters. The summed E-state index contributed by atoms with van der Waals surface area (Å²) in [5.74, 6) is -1.60. The number of aromatic nitrogens is 2. The number of amides is 2. The van der Waals surface area contributed by atoms with Crippen molar-refractivity contribution >= 4 is 34.5 Å². The van der Waals surface area contributed by atoms with Crippen LogP contribution in [0.15, 0.2) is 88.8 Å². The predicted octanol–water partition coefficient (Wildman–Crippen LogP) is 3.14. The Labute approximate surface area is 192 Å². The normalized spacial score (nSPS) is 10.7. The Hall–Kier alpha value is -3.98. The van der Waals surface area contributed by atoms with E-state index in [2.05, 4.69) is 15.8 Å². The van der Waals surface area contributed by atoms with Gasteiger partial charge in [0.25, 0.3) is 11.5 Å². The van der Waals surface area contributed by atoms with E-state index in [0.29, 0.717) is 22.6 Å². The van der Waals surface area contributed by atoms with Crippen LogP contribution in [0.25, 0.3) is 10.9 Å². The molecule has 33 heavy (non-hydrogen) atoms. The molecule has 1 aromatic heterocycles. The summed E-state index contributed by atoms with van der Waals surface area (Å²) in [5, 5.41) is 0.886. The Balaban J connectivity index is 1.48. The quantitative estimate of drug-likeness (QED) is 0.261. The number of para-hydroxylation sites is 1. The molecule has 0 spiro atoms. The zero-order chi connectivity index (χ0) is 23.2. The molecule has 0 atom stereocenters. The van der Waals surface area contributed by atoms with Gasteiger partial charge in [-0.2, -0.15) is 0 Å². The fourth-order valence-electron chi connectivity index (χ4n) is 3.13. The highest BCUT2D eigenvalue weighted by molar-refractivity contribution is 7.99. The van der Waals surface area contributed by atoms with Gasteiger partial charge in [0.15, 0.2) is 5.16 Å². The SMILES string of the molecule is O=C(CSc1nc2ccccc2c(=O)n1Cc1ccccc1)NNC(=O)c1ccc(F)cc1. The fraction of sp³-hybridized carbons (Fsp3) is 0.0833. The standard InChI is InChI=1S/C24H19FN4O3S/c25-18-12-10-17(11-13-18)22(31)28-27-21(30)15-33-24-26-20-9-5-4-8-19(20)23(32)29(24)14-16-6-2-1-3-7-16/h1-13H,14-15H2,(H,27,30)(H,28,31). The van der Waals surface area contributed by atoms with Crippen molar-refractivity contribution in [2.75, 3.05) is 5.75 Å². The Morgan fingerprint density at radius 3 is 2.36 bits per heavy atom. The Kier molecular flexibility index (Phi) is 6.80. The number of halogens is 1. The number of nitrogens with zero attached hydrogens (tertiary/aromatic N) is 2. The number of fused-ring (bicyclic) bond motifs is 1. The average molecular weight is 463 g/mol. The zero-order valence-electron chi connectivity index (χ0n) is 17.3. The summed E-state index contributed by atoms with van der Waals surface area (Å²) >= 11 is 1.09. The number of benzene rings is 3. The number of rotatable bonds is 6. The zero-order valence-corrected chi connectivity index (χ0v) is 18.1. The number of thioether (sulfide) groups is 1. The minimum atomic E-state index is -0.571. The minimum absolute atomic E-state index is 0.0801. The molecule has 2 N–H and O–H groups in total. The van der Waals surface area contributed by atoms with Crippen LogP contribution < -0.4 is 16.4 Å². The lowest BCUT2D eigenvalue weighted by Gasteiger charge is -2.13. The molecule has 0 aliphatic carbocycles. The van der Waals surface area contributed by atoms with E-state index in [1.165, 1.54) is 16.7 Å². The van der Waals surface area contributed by atoms with Gasteiger partial charge in [-0.3, -0.25) is 29.8 Å². The second-order valence-corrected chi connectivity index (χ2v) is 8.03. The molecule has 0 saturated heterocycles. The predicted molar refractivity (Wildman–Crippen MR) is 124 cm³/mol. The third kappa shape index (κ3) is 5.45. The van der Waals surface area contributed by atoms with Gasteiger partial charge in [-0.25, -0.2) is 9.37 Å². The van der Waals surface area contributed by atoms with E-state index in [1.54, 1.807) is 24.3 Å². The van der Waals surface area contributed by atoms with Gasteiger partial charge in [0.05, 0.1) is 23.2 Å². The van der Waals surface area contributed by atoms with E-state index >= 15 is 0 Å². The highest BCUT2D eigenvalue weighted by Crippen LogP contribution is 2.19. The van der Waals surface area contributed by atoms with E-state index in [4.69, 9.17) is 0 Å². The average Bonchev–Trinajstić information content (AvgIpc) is 2.84. The molecule has 1 heterocycles. The molecular formula is C24H19FN4O3S. The lowest BCUT2D eigenvalue weighted by atomic mass is 10.2. The van der Waals surface area contributed by atoms with E-state index in [0.717, 1.165) is 29.5 Å². The second kappa shape index (κ2) is 10.1. The second-order valence-electron chi connectivity index (χ2n) is 7.09. The van der Waals surface area contributed by atoms with Crippen LogP contribution in [-0.2, 0) is 11.3 Å². The third-order valence-corrected chi connectivity index (χ3v) is 5.74. The highest BCUT2D eigenvalue weighted by Gasteiger charge is 2.14. The van der Waals surface area contributed by atoms with E-state index in [1.807, 2.05) is 30.3 Å². The van der Waals surface area contributed by atoms with Crippen LogP contribution in [0.3, 0.4) is 0 Å².